The van der Waals surface area contributed by atoms with Crippen molar-refractivity contribution in [1.29, 1.82) is 0 Å². The molecule has 4 aliphatic rings. The van der Waals surface area contributed by atoms with E-state index in [2.05, 4.69) is 15.3 Å². The highest BCUT2D eigenvalue weighted by Crippen LogP contribution is 2.55. The number of benzene rings is 2. The van der Waals surface area contributed by atoms with E-state index < -0.39 is 17.3 Å². The third kappa shape index (κ3) is 4.55. The molecule has 41 heavy (non-hydrogen) atoms. The lowest BCUT2D eigenvalue weighted by molar-refractivity contribution is -0.130. The molecule has 4 saturated carbocycles. The molecule has 2 aromatic carbocycles. The molecular formula is C31H29ClFN3O5. The van der Waals surface area contributed by atoms with E-state index in [0.29, 0.717) is 29.0 Å². The number of halogens is 2. The molecule has 2 heterocycles. The summed E-state index contributed by atoms with van der Waals surface area (Å²) in [6.45, 7) is 2.45. The fraction of sp³-hybridized carbons (Fsp3) is 0.419. The van der Waals surface area contributed by atoms with Crippen molar-refractivity contribution in [3.05, 3.63) is 75.6 Å². The predicted molar refractivity (Wildman–Crippen MR) is 147 cm³/mol. The molecule has 8 rings (SSSR count). The summed E-state index contributed by atoms with van der Waals surface area (Å²) in [6, 6.07) is 9.67. The molecule has 4 fully saturated rings. The average molecular weight is 578 g/mol. The molecule has 1 N–H and O–H groups in total. The monoisotopic (exact) mass is 577 g/mol. The van der Waals surface area contributed by atoms with Crippen molar-refractivity contribution in [2.24, 2.45) is 0 Å². The molecule has 0 aliphatic heterocycles. The van der Waals surface area contributed by atoms with Gasteiger partial charge in [0.05, 0.1) is 28.2 Å². The predicted octanol–water partition coefficient (Wildman–Crippen LogP) is 7.63. The van der Waals surface area contributed by atoms with Crippen LogP contribution >= 0.6 is 11.6 Å². The van der Waals surface area contributed by atoms with E-state index in [1.807, 2.05) is 25.1 Å². The van der Waals surface area contributed by atoms with Crippen molar-refractivity contribution in [2.45, 2.75) is 81.8 Å². The maximum absolute atomic E-state index is 13.9. The van der Waals surface area contributed by atoms with E-state index >= 15 is 0 Å². The minimum Gasteiger partial charge on any atom is -0.478 e. The number of nitrogens with zero attached hydrogens (tertiary/aromatic N) is 3. The van der Waals surface area contributed by atoms with Gasteiger partial charge in [-0.05, 0) is 88.1 Å². The molecule has 2 aromatic heterocycles. The van der Waals surface area contributed by atoms with Crippen LogP contribution in [0.5, 0.6) is 0 Å². The van der Waals surface area contributed by atoms with Crippen LogP contribution in [-0.4, -0.2) is 32.0 Å². The summed E-state index contributed by atoms with van der Waals surface area (Å²) in [4.78, 5) is 16.0. The number of carbonyl (C=O) groups is 1. The van der Waals surface area contributed by atoms with Gasteiger partial charge in [0.1, 0.15) is 17.3 Å². The summed E-state index contributed by atoms with van der Waals surface area (Å²) in [5.74, 6) is -0.0236. The molecule has 4 aromatic rings. The third-order valence-electron chi connectivity index (χ3n) is 9.26. The number of aromatic nitrogens is 3. The second-order valence-electron chi connectivity index (χ2n) is 11.8. The van der Waals surface area contributed by atoms with Gasteiger partial charge in [-0.1, -0.05) is 34.0 Å². The van der Waals surface area contributed by atoms with Crippen molar-refractivity contribution in [3.8, 4) is 22.6 Å². The minimum atomic E-state index is -1.34. The zero-order valence-electron chi connectivity index (χ0n) is 22.6. The van der Waals surface area contributed by atoms with E-state index in [0.717, 1.165) is 85.6 Å². The standard InChI is InChI=1S/C31H29ClFN3O5/c1-17-3-2-4-22(32)24(17)25-21(26(40-35-25)18-5-6-18)16-39-31-12-9-30(10-13-31,11-14-31)29-34-27(36-41-29)19-7-8-23(33)20(15-19)28(37)38/h2-4,7-8,15,18H,5-6,9-14,16H2,1H3,(H,37,38). The van der Waals surface area contributed by atoms with Gasteiger partial charge in [0.15, 0.2) is 0 Å². The zero-order chi connectivity index (χ0) is 28.4. The normalized spacial score (nSPS) is 23.7. The molecule has 0 atom stereocenters. The van der Waals surface area contributed by atoms with Crippen molar-refractivity contribution in [3.63, 3.8) is 0 Å². The van der Waals surface area contributed by atoms with Gasteiger partial charge in [0.2, 0.25) is 11.7 Å². The Hall–Kier alpha value is -3.56. The van der Waals surface area contributed by atoms with Crippen molar-refractivity contribution in [2.75, 3.05) is 0 Å². The molecule has 0 spiro atoms. The molecule has 2 bridgehead atoms. The summed E-state index contributed by atoms with van der Waals surface area (Å²) in [5, 5.41) is 18.5. The first-order valence-electron chi connectivity index (χ1n) is 14.0. The fourth-order valence-corrected chi connectivity index (χ4v) is 6.87. The number of aryl methyl sites for hydroxylation is 1. The van der Waals surface area contributed by atoms with E-state index in [-0.39, 0.29) is 16.8 Å². The van der Waals surface area contributed by atoms with Crippen LogP contribution in [0.2, 0.25) is 5.02 Å². The van der Waals surface area contributed by atoms with Gasteiger partial charge in [-0.3, -0.25) is 0 Å². The summed E-state index contributed by atoms with van der Waals surface area (Å²) in [6.07, 6.45) is 7.28. The smallest absolute Gasteiger partial charge is 0.338 e. The Balaban J connectivity index is 1.09. The van der Waals surface area contributed by atoms with Crippen molar-refractivity contribution < 1.29 is 28.1 Å². The van der Waals surface area contributed by atoms with Gasteiger partial charge in [-0.15, -0.1) is 0 Å². The second-order valence-corrected chi connectivity index (χ2v) is 12.2. The van der Waals surface area contributed by atoms with Crippen LogP contribution in [0.1, 0.15) is 90.4 Å². The van der Waals surface area contributed by atoms with E-state index in [1.54, 1.807) is 0 Å². The average Bonchev–Trinajstić information content (AvgIpc) is 3.53. The molecule has 0 radical (unpaired) electrons. The van der Waals surface area contributed by atoms with Crippen molar-refractivity contribution >= 4 is 17.6 Å². The number of carboxylic acids is 1. The fourth-order valence-electron chi connectivity index (χ4n) is 6.55. The van der Waals surface area contributed by atoms with E-state index in [1.165, 1.54) is 12.1 Å². The number of aromatic carboxylic acids is 1. The van der Waals surface area contributed by atoms with Crippen LogP contribution in [0.25, 0.3) is 22.6 Å². The third-order valence-corrected chi connectivity index (χ3v) is 9.58. The Labute approximate surface area is 240 Å². The number of fused-ring (bicyclic) bond motifs is 3. The Morgan fingerprint density at radius 3 is 2.54 bits per heavy atom. The summed E-state index contributed by atoms with van der Waals surface area (Å²) in [5.41, 5.74) is 3.21. The second kappa shape index (κ2) is 9.77. The van der Waals surface area contributed by atoms with Crippen molar-refractivity contribution in [1.82, 2.24) is 15.3 Å². The largest absolute Gasteiger partial charge is 0.478 e. The molecule has 10 heteroatoms. The van der Waals surface area contributed by atoms with Gasteiger partial charge in [0.25, 0.3) is 0 Å². The zero-order valence-corrected chi connectivity index (χ0v) is 23.3. The van der Waals surface area contributed by atoms with E-state index in [4.69, 9.17) is 25.4 Å². The number of carboxylic acid groups (broad SMARTS) is 1. The highest BCUT2D eigenvalue weighted by atomic mass is 35.5. The molecule has 0 unspecified atom stereocenters. The number of hydrogen-bond acceptors (Lipinski definition) is 7. The van der Waals surface area contributed by atoms with Gasteiger partial charge in [0, 0.05) is 22.6 Å². The highest BCUT2D eigenvalue weighted by molar-refractivity contribution is 6.33. The van der Waals surface area contributed by atoms with Gasteiger partial charge in [-0.2, -0.15) is 4.98 Å². The molecule has 0 saturated heterocycles. The lowest BCUT2D eigenvalue weighted by atomic mass is 9.58. The number of rotatable bonds is 8. The van der Waals surface area contributed by atoms with Crippen LogP contribution in [-0.2, 0) is 16.8 Å². The number of ether oxygens (including phenoxy) is 1. The maximum atomic E-state index is 13.9. The molecule has 8 nitrogen and oxygen atoms in total. The van der Waals surface area contributed by atoms with Crippen LogP contribution < -0.4 is 0 Å². The Bertz CT molecular complexity index is 1610. The van der Waals surface area contributed by atoms with Gasteiger partial charge in [-0.25, -0.2) is 9.18 Å². The van der Waals surface area contributed by atoms with E-state index in [9.17, 15) is 14.3 Å². The Morgan fingerprint density at radius 2 is 1.85 bits per heavy atom. The highest BCUT2D eigenvalue weighted by Gasteiger charge is 2.53. The van der Waals surface area contributed by atoms with Gasteiger partial charge < -0.3 is 18.9 Å². The lowest BCUT2D eigenvalue weighted by Gasteiger charge is -2.51. The summed E-state index contributed by atoms with van der Waals surface area (Å²) >= 11 is 6.61. The first kappa shape index (κ1) is 26.3. The maximum Gasteiger partial charge on any atom is 0.338 e. The summed E-state index contributed by atoms with van der Waals surface area (Å²) in [7, 11) is 0. The quantitative estimate of drug-likeness (QED) is 0.227. The minimum absolute atomic E-state index is 0.247. The SMILES string of the molecule is Cc1cccc(Cl)c1-c1noc(C2CC2)c1COC12CCC(c3nc(-c4ccc(F)c(C(=O)O)c4)no3)(CC1)CC2. The number of hydrogen-bond donors (Lipinski definition) is 1. The summed E-state index contributed by atoms with van der Waals surface area (Å²) < 4.78 is 32.2. The van der Waals surface area contributed by atoms with Crippen LogP contribution in [0.15, 0.2) is 45.4 Å². The Morgan fingerprint density at radius 1 is 1.10 bits per heavy atom. The topological polar surface area (TPSA) is 111 Å². The molecular weight excluding hydrogens is 549 g/mol. The first-order valence-corrected chi connectivity index (χ1v) is 14.4. The molecule has 0 amide bonds. The van der Waals surface area contributed by atoms with Crippen LogP contribution in [0.3, 0.4) is 0 Å². The molecule has 212 valence electrons. The van der Waals surface area contributed by atoms with Gasteiger partial charge >= 0.3 is 5.97 Å². The first-order chi connectivity index (χ1) is 19.8. The van der Waals surface area contributed by atoms with Crippen LogP contribution in [0.4, 0.5) is 4.39 Å². The Kier molecular flexibility index (Phi) is 6.28. The molecule has 4 aliphatic carbocycles. The van der Waals surface area contributed by atoms with Crippen LogP contribution in [0, 0.1) is 12.7 Å². The lowest BCUT2D eigenvalue weighted by Crippen LogP contribution is -2.49.